The van der Waals surface area contributed by atoms with Gasteiger partial charge in [0.2, 0.25) is 0 Å². The number of pyridine rings is 1. The fourth-order valence-electron chi connectivity index (χ4n) is 1.52. The van der Waals surface area contributed by atoms with E-state index in [-0.39, 0.29) is 12.1 Å². The second kappa shape index (κ2) is 6.05. The van der Waals surface area contributed by atoms with Crippen molar-refractivity contribution in [1.82, 2.24) is 20.3 Å². The molecule has 7 heteroatoms. The first-order valence-electron chi connectivity index (χ1n) is 5.94. The lowest BCUT2D eigenvalue weighted by Crippen LogP contribution is -2.24. The highest BCUT2D eigenvalue weighted by Gasteiger charge is 2.08. The molecule has 2 aromatic rings. The predicted molar refractivity (Wildman–Crippen MR) is 71.7 cm³/mol. The summed E-state index contributed by atoms with van der Waals surface area (Å²) in [6.45, 7) is 0.164. The maximum absolute atomic E-state index is 13.0. The first-order valence-corrected chi connectivity index (χ1v) is 5.94. The number of amides is 1. The number of aromatic nitrogens is 3. The van der Waals surface area contributed by atoms with Crippen LogP contribution in [0.15, 0.2) is 30.7 Å². The van der Waals surface area contributed by atoms with Gasteiger partial charge in [0.05, 0.1) is 18.3 Å². The van der Waals surface area contributed by atoms with Gasteiger partial charge in [-0.05, 0) is 12.1 Å². The number of carbonyl (C=O) groups excluding carboxylic acids is 1. The van der Waals surface area contributed by atoms with Crippen LogP contribution in [0.3, 0.4) is 0 Å². The van der Waals surface area contributed by atoms with E-state index in [0.717, 1.165) is 18.1 Å². The van der Waals surface area contributed by atoms with E-state index >= 15 is 0 Å². The van der Waals surface area contributed by atoms with Crippen LogP contribution in [-0.2, 0) is 6.54 Å². The smallest absolute Gasteiger partial charge is 0.253 e. The van der Waals surface area contributed by atoms with Gasteiger partial charge < -0.3 is 10.2 Å². The molecule has 0 unspecified atom stereocenters. The molecular formula is C13H14FN5O. The Morgan fingerprint density at radius 3 is 2.90 bits per heavy atom. The van der Waals surface area contributed by atoms with Gasteiger partial charge in [0, 0.05) is 26.5 Å². The Labute approximate surface area is 115 Å². The summed E-state index contributed by atoms with van der Waals surface area (Å²) in [5.74, 6) is 0.255. The highest BCUT2D eigenvalue weighted by atomic mass is 19.1. The van der Waals surface area contributed by atoms with Crippen molar-refractivity contribution < 1.29 is 9.18 Å². The molecule has 0 aromatic carbocycles. The average Bonchev–Trinajstić information content (AvgIpc) is 2.45. The standard InChI is InChI=1S/C13H14FN5O/c1-19(2)12-3-4-16-11(18-12)8-17-13(20)9-5-10(14)7-15-6-9/h3-7H,8H2,1-2H3,(H,17,20). The Morgan fingerprint density at radius 2 is 2.20 bits per heavy atom. The van der Waals surface area contributed by atoms with Gasteiger partial charge in [-0.25, -0.2) is 14.4 Å². The maximum atomic E-state index is 13.0. The van der Waals surface area contributed by atoms with E-state index in [2.05, 4.69) is 20.3 Å². The number of rotatable bonds is 4. The van der Waals surface area contributed by atoms with E-state index in [0.29, 0.717) is 5.82 Å². The lowest BCUT2D eigenvalue weighted by Gasteiger charge is -2.11. The van der Waals surface area contributed by atoms with E-state index in [1.54, 1.807) is 12.3 Å². The van der Waals surface area contributed by atoms with Crippen LogP contribution >= 0.6 is 0 Å². The number of hydrogen-bond donors (Lipinski definition) is 1. The molecule has 0 aliphatic carbocycles. The topological polar surface area (TPSA) is 71.0 Å². The summed E-state index contributed by atoms with van der Waals surface area (Å²) in [6, 6.07) is 2.89. The van der Waals surface area contributed by atoms with Crippen LogP contribution < -0.4 is 10.2 Å². The number of nitrogens with one attached hydrogen (secondary N) is 1. The largest absolute Gasteiger partial charge is 0.363 e. The molecule has 0 aliphatic heterocycles. The summed E-state index contributed by atoms with van der Waals surface area (Å²) in [6.07, 6.45) is 3.96. The third-order valence-electron chi connectivity index (χ3n) is 2.52. The molecule has 2 aromatic heterocycles. The van der Waals surface area contributed by atoms with Crippen molar-refractivity contribution in [2.75, 3.05) is 19.0 Å². The highest BCUT2D eigenvalue weighted by molar-refractivity contribution is 5.93. The van der Waals surface area contributed by atoms with Crippen molar-refractivity contribution in [3.05, 3.63) is 47.9 Å². The zero-order valence-corrected chi connectivity index (χ0v) is 11.2. The van der Waals surface area contributed by atoms with Crippen LogP contribution in [0.1, 0.15) is 16.2 Å². The van der Waals surface area contributed by atoms with Crippen LogP contribution in [-0.4, -0.2) is 35.0 Å². The van der Waals surface area contributed by atoms with E-state index in [1.807, 2.05) is 19.0 Å². The van der Waals surface area contributed by atoms with Crippen LogP contribution in [0.2, 0.25) is 0 Å². The second-order valence-corrected chi connectivity index (χ2v) is 4.30. The lowest BCUT2D eigenvalue weighted by atomic mass is 10.2. The monoisotopic (exact) mass is 275 g/mol. The van der Waals surface area contributed by atoms with Gasteiger partial charge in [0.25, 0.3) is 5.91 Å². The lowest BCUT2D eigenvalue weighted by molar-refractivity contribution is 0.0949. The molecule has 2 heterocycles. The molecule has 0 radical (unpaired) electrons. The van der Waals surface area contributed by atoms with E-state index in [9.17, 15) is 9.18 Å². The molecule has 0 saturated heterocycles. The molecular weight excluding hydrogens is 261 g/mol. The summed E-state index contributed by atoms with van der Waals surface area (Å²) < 4.78 is 13.0. The van der Waals surface area contributed by atoms with Crippen LogP contribution in [0.5, 0.6) is 0 Å². The Bertz CT molecular complexity index is 617. The minimum absolute atomic E-state index is 0.161. The summed E-state index contributed by atoms with van der Waals surface area (Å²) in [7, 11) is 3.73. The Kier molecular flexibility index (Phi) is 4.19. The van der Waals surface area contributed by atoms with Crippen LogP contribution in [0.25, 0.3) is 0 Å². The van der Waals surface area contributed by atoms with Gasteiger partial charge in [0.15, 0.2) is 0 Å². The first-order chi connectivity index (χ1) is 9.56. The number of anilines is 1. The zero-order chi connectivity index (χ0) is 14.5. The SMILES string of the molecule is CN(C)c1ccnc(CNC(=O)c2cncc(F)c2)n1. The fraction of sp³-hybridized carbons (Fsp3) is 0.231. The molecule has 6 nitrogen and oxygen atoms in total. The van der Waals surface area contributed by atoms with Gasteiger partial charge >= 0.3 is 0 Å². The minimum atomic E-state index is -0.552. The molecule has 0 spiro atoms. The number of nitrogens with zero attached hydrogens (tertiary/aromatic N) is 4. The molecule has 0 bridgehead atoms. The van der Waals surface area contributed by atoms with Gasteiger partial charge in [-0.2, -0.15) is 0 Å². The van der Waals surface area contributed by atoms with Crippen molar-refractivity contribution in [1.29, 1.82) is 0 Å². The molecule has 0 saturated carbocycles. The van der Waals surface area contributed by atoms with Crippen LogP contribution in [0, 0.1) is 5.82 Å². The maximum Gasteiger partial charge on any atom is 0.253 e. The predicted octanol–water partition coefficient (Wildman–Crippen LogP) is 1.01. The molecule has 2 rings (SSSR count). The Hall–Kier alpha value is -2.57. The molecule has 0 aliphatic rings. The molecule has 0 atom stereocenters. The summed E-state index contributed by atoms with van der Waals surface area (Å²) >= 11 is 0. The van der Waals surface area contributed by atoms with Crippen molar-refractivity contribution in [2.24, 2.45) is 0 Å². The highest BCUT2D eigenvalue weighted by Crippen LogP contribution is 2.05. The molecule has 1 N–H and O–H groups in total. The van der Waals surface area contributed by atoms with Gasteiger partial charge in [-0.1, -0.05) is 0 Å². The number of halogens is 1. The van der Waals surface area contributed by atoms with Crippen molar-refractivity contribution >= 4 is 11.7 Å². The van der Waals surface area contributed by atoms with E-state index < -0.39 is 11.7 Å². The normalized spacial score (nSPS) is 10.2. The average molecular weight is 275 g/mol. The first kappa shape index (κ1) is 13.9. The third kappa shape index (κ3) is 3.47. The van der Waals surface area contributed by atoms with Crippen molar-refractivity contribution in [3.8, 4) is 0 Å². The van der Waals surface area contributed by atoms with E-state index in [1.165, 1.54) is 6.20 Å². The van der Waals surface area contributed by atoms with E-state index in [4.69, 9.17) is 0 Å². The van der Waals surface area contributed by atoms with Gasteiger partial charge in [0.1, 0.15) is 17.5 Å². The third-order valence-corrected chi connectivity index (χ3v) is 2.52. The molecule has 104 valence electrons. The number of carbonyl (C=O) groups is 1. The zero-order valence-electron chi connectivity index (χ0n) is 11.2. The van der Waals surface area contributed by atoms with Crippen LogP contribution in [0.4, 0.5) is 10.2 Å². The molecule has 0 fully saturated rings. The Morgan fingerprint density at radius 1 is 1.40 bits per heavy atom. The minimum Gasteiger partial charge on any atom is -0.363 e. The van der Waals surface area contributed by atoms with Crippen molar-refractivity contribution in [3.63, 3.8) is 0 Å². The summed E-state index contributed by atoms with van der Waals surface area (Å²) in [5, 5.41) is 2.62. The van der Waals surface area contributed by atoms with Gasteiger partial charge in [-0.15, -0.1) is 0 Å². The quantitative estimate of drug-likeness (QED) is 0.901. The number of hydrogen-bond acceptors (Lipinski definition) is 5. The summed E-state index contributed by atoms with van der Waals surface area (Å²) in [5.41, 5.74) is 0.161. The fourth-order valence-corrected chi connectivity index (χ4v) is 1.52. The second-order valence-electron chi connectivity index (χ2n) is 4.30. The molecule has 20 heavy (non-hydrogen) atoms. The summed E-state index contributed by atoms with van der Waals surface area (Å²) in [4.78, 5) is 25.6. The van der Waals surface area contributed by atoms with Gasteiger partial charge in [-0.3, -0.25) is 9.78 Å². The van der Waals surface area contributed by atoms with Crippen molar-refractivity contribution in [2.45, 2.75) is 6.54 Å². The molecule has 1 amide bonds. The Balaban J connectivity index is 2.02.